The fourth-order valence-corrected chi connectivity index (χ4v) is 4.45. The number of carboxylic acid groups (broad SMARTS) is 1. The van der Waals surface area contributed by atoms with Gasteiger partial charge in [-0.2, -0.15) is 0 Å². The number of urea groups is 1. The highest BCUT2D eigenvalue weighted by Gasteiger charge is 2.34. The highest BCUT2D eigenvalue weighted by atomic mass is 32.1. The van der Waals surface area contributed by atoms with Crippen molar-refractivity contribution < 1.29 is 14.7 Å². The number of carbonyl (C=O) groups excluding carboxylic acids is 1. The highest BCUT2D eigenvalue weighted by molar-refractivity contribution is 7.17. The lowest BCUT2D eigenvalue weighted by atomic mass is 9.85. The van der Waals surface area contributed by atoms with Gasteiger partial charge in [-0.05, 0) is 48.2 Å². The van der Waals surface area contributed by atoms with E-state index >= 15 is 0 Å². The number of thiophene rings is 1. The standard InChI is InChI=1S/C19H25N3O3S/c1-2-22(11-18(23)24)15-9-14(10-15)21-19(25)20-8-7-13-12-26-17-6-4-3-5-16(13)17/h3-6,12,14-15H,2,7-11H2,1H3,(H,23,24)(H2,20,21,25). The molecule has 3 rings (SSSR count). The van der Waals surface area contributed by atoms with Gasteiger partial charge in [0.2, 0.25) is 0 Å². The molecule has 0 radical (unpaired) electrons. The molecule has 3 N–H and O–H groups in total. The normalized spacial score (nSPS) is 19.3. The first-order chi connectivity index (χ1) is 12.6. The van der Waals surface area contributed by atoms with Crippen molar-refractivity contribution in [1.82, 2.24) is 15.5 Å². The van der Waals surface area contributed by atoms with Crippen LogP contribution in [0, 0.1) is 0 Å². The van der Waals surface area contributed by atoms with E-state index in [0.29, 0.717) is 13.1 Å². The van der Waals surface area contributed by atoms with E-state index in [1.54, 1.807) is 11.3 Å². The van der Waals surface area contributed by atoms with Crippen LogP contribution in [0.3, 0.4) is 0 Å². The summed E-state index contributed by atoms with van der Waals surface area (Å²) in [6.07, 6.45) is 2.43. The van der Waals surface area contributed by atoms with Crippen molar-refractivity contribution in [2.45, 2.75) is 38.3 Å². The van der Waals surface area contributed by atoms with E-state index in [2.05, 4.69) is 28.1 Å². The lowest BCUT2D eigenvalue weighted by Gasteiger charge is -2.42. The summed E-state index contributed by atoms with van der Waals surface area (Å²) in [5, 5.41) is 18.2. The second-order valence-corrected chi connectivity index (χ2v) is 7.60. The molecule has 140 valence electrons. The maximum atomic E-state index is 12.0. The molecular weight excluding hydrogens is 350 g/mol. The van der Waals surface area contributed by atoms with Crippen LogP contribution in [-0.4, -0.2) is 53.7 Å². The summed E-state index contributed by atoms with van der Waals surface area (Å²) in [7, 11) is 0. The lowest BCUT2D eigenvalue weighted by molar-refractivity contribution is -0.139. The molecule has 0 atom stereocenters. The number of carboxylic acids is 1. The Labute approximate surface area is 157 Å². The van der Waals surface area contributed by atoms with E-state index in [-0.39, 0.29) is 24.7 Å². The number of likely N-dealkylation sites (N-methyl/N-ethyl adjacent to an activating group) is 1. The van der Waals surface area contributed by atoms with E-state index in [0.717, 1.165) is 19.3 Å². The van der Waals surface area contributed by atoms with Gasteiger partial charge >= 0.3 is 12.0 Å². The van der Waals surface area contributed by atoms with Gasteiger partial charge in [-0.25, -0.2) is 4.79 Å². The van der Waals surface area contributed by atoms with Crippen LogP contribution in [0.15, 0.2) is 29.6 Å². The van der Waals surface area contributed by atoms with E-state index in [1.807, 2.05) is 24.0 Å². The molecule has 7 heteroatoms. The van der Waals surface area contributed by atoms with Gasteiger partial charge < -0.3 is 15.7 Å². The van der Waals surface area contributed by atoms with Crippen molar-refractivity contribution in [2.75, 3.05) is 19.6 Å². The van der Waals surface area contributed by atoms with Crippen LogP contribution in [0.5, 0.6) is 0 Å². The summed E-state index contributed by atoms with van der Waals surface area (Å²) >= 11 is 1.73. The second-order valence-electron chi connectivity index (χ2n) is 6.69. The largest absolute Gasteiger partial charge is 0.480 e. The molecule has 0 spiro atoms. The van der Waals surface area contributed by atoms with Gasteiger partial charge in [0.1, 0.15) is 0 Å². The van der Waals surface area contributed by atoms with Crippen LogP contribution < -0.4 is 10.6 Å². The second kappa shape index (κ2) is 8.51. The van der Waals surface area contributed by atoms with Gasteiger partial charge in [0.05, 0.1) is 6.54 Å². The zero-order chi connectivity index (χ0) is 18.5. The highest BCUT2D eigenvalue weighted by Crippen LogP contribution is 2.26. The molecule has 0 bridgehead atoms. The van der Waals surface area contributed by atoms with E-state index in [9.17, 15) is 9.59 Å². The van der Waals surface area contributed by atoms with Crippen molar-refractivity contribution in [3.05, 3.63) is 35.2 Å². The first-order valence-electron chi connectivity index (χ1n) is 9.02. The summed E-state index contributed by atoms with van der Waals surface area (Å²) in [4.78, 5) is 24.8. The molecular formula is C19H25N3O3S. The Balaban J connectivity index is 1.37. The Morgan fingerprint density at radius 1 is 1.31 bits per heavy atom. The number of nitrogens with one attached hydrogen (secondary N) is 2. The molecule has 0 aliphatic heterocycles. The minimum Gasteiger partial charge on any atom is -0.480 e. The number of carbonyl (C=O) groups is 2. The lowest BCUT2D eigenvalue weighted by Crippen LogP contribution is -2.56. The van der Waals surface area contributed by atoms with E-state index < -0.39 is 5.97 Å². The van der Waals surface area contributed by atoms with Crippen molar-refractivity contribution in [3.63, 3.8) is 0 Å². The summed E-state index contributed by atoms with van der Waals surface area (Å²) in [6, 6.07) is 8.54. The Kier molecular flexibility index (Phi) is 6.11. The number of fused-ring (bicyclic) bond motifs is 1. The van der Waals surface area contributed by atoms with Crippen molar-refractivity contribution in [1.29, 1.82) is 0 Å². The molecule has 0 unspecified atom stereocenters. The molecule has 26 heavy (non-hydrogen) atoms. The van der Waals surface area contributed by atoms with E-state index in [4.69, 9.17) is 5.11 Å². The van der Waals surface area contributed by atoms with E-state index in [1.165, 1.54) is 15.6 Å². The van der Waals surface area contributed by atoms with Crippen LogP contribution in [0.25, 0.3) is 10.1 Å². The van der Waals surface area contributed by atoms with Crippen LogP contribution in [-0.2, 0) is 11.2 Å². The van der Waals surface area contributed by atoms with Gasteiger partial charge in [-0.1, -0.05) is 25.1 Å². The van der Waals surface area contributed by atoms with Crippen molar-refractivity contribution >= 4 is 33.4 Å². The fraction of sp³-hybridized carbons (Fsp3) is 0.474. The Hall–Kier alpha value is -2.12. The molecule has 1 saturated carbocycles. The third kappa shape index (κ3) is 4.53. The number of hydrogen-bond acceptors (Lipinski definition) is 4. The first kappa shape index (κ1) is 18.7. The van der Waals surface area contributed by atoms with Gasteiger partial charge in [-0.15, -0.1) is 11.3 Å². The van der Waals surface area contributed by atoms with Gasteiger partial charge in [-0.3, -0.25) is 9.69 Å². The molecule has 1 aromatic carbocycles. The van der Waals surface area contributed by atoms with Gasteiger partial charge in [0.25, 0.3) is 0 Å². The summed E-state index contributed by atoms with van der Waals surface area (Å²) in [5.74, 6) is -0.804. The van der Waals surface area contributed by atoms with Crippen LogP contribution in [0.4, 0.5) is 4.79 Å². The van der Waals surface area contributed by atoms with Crippen LogP contribution >= 0.6 is 11.3 Å². The molecule has 1 aromatic heterocycles. The monoisotopic (exact) mass is 375 g/mol. The van der Waals surface area contributed by atoms with Gasteiger partial charge in [0, 0.05) is 23.3 Å². The minimum atomic E-state index is -0.804. The fourth-order valence-electron chi connectivity index (χ4n) is 3.45. The number of rotatable bonds is 8. The minimum absolute atomic E-state index is 0.0642. The van der Waals surface area contributed by atoms with Crippen molar-refractivity contribution in [3.8, 4) is 0 Å². The number of hydrogen-bond donors (Lipinski definition) is 3. The number of nitrogens with zero attached hydrogens (tertiary/aromatic N) is 1. The average Bonchev–Trinajstić information content (AvgIpc) is 2.99. The maximum absolute atomic E-state index is 12.0. The number of amides is 2. The molecule has 1 heterocycles. The van der Waals surface area contributed by atoms with Crippen molar-refractivity contribution in [2.24, 2.45) is 0 Å². The van der Waals surface area contributed by atoms with Crippen LogP contribution in [0.2, 0.25) is 0 Å². The summed E-state index contributed by atoms with van der Waals surface area (Å²) in [6.45, 7) is 3.34. The first-order valence-corrected chi connectivity index (χ1v) is 9.90. The molecule has 6 nitrogen and oxygen atoms in total. The Morgan fingerprint density at radius 2 is 2.08 bits per heavy atom. The average molecular weight is 375 g/mol. The molecule has 0 saturated heterocycles. The predicted molar refractivity (Wildman–Crippen MR) is 104 cm³/mol. The maximum Gasteiger partial charge on any atom is 0.317 e. The Bertz CT molecular complexity index is 770. The molecule has 1 fully saturated rings. The third-order valence-corrected chi connectivity index (χ3v) is 5.96. The SMILES string of the molecule is CCN(CC(=O)O)C1CC(NC(=O)NCCc2csc3ccccc23)C1. The van der Waals surface area contributed by atoms with Gasteiger partial charge in [0.15, 0.2) is 0 Å². The summed E-state index contributed by atoms with van der Waals surface area (Å²) < 4.78 is 1.27. The number of aliphatic carboxylic acids is 1. The molecule has 2 amide bonds. The molecule has 2 aromatic rings. The third-order valence-electron chi connectivity index (χ3n) is 4.95. The predicted octanol–water partition coefficient (Wildman–Crippen LogP) is 2.68. The quantitative estimate of drug-likeness (QED) is 0.663. The molecule has 1 aliphatic rings. The Morgan fingerprint density at radius 3 is 2.81 bits per heavy atom. The molecule has 1 aliphatic carbocycles. The summed E-state index contributed by atoms with van der Waals surface area (Å²) in [5.41, 5.74) is 1.27. The zero-order valence-electron chi connectivity index (χ0n) is 14.9. The number of benzene rings is 1. The smallest absolute Gasteiger partial charge is 0.317 e. The zero-order valence-corrected chi connectivity index (χ0v) is 15.7. The van der Waals surface area contributed by atoms with Crippen LogP contribution in [0.1, 0.15) is 25.3 Å². The topological polar surface area (TPSA) is 81.7 Å².